The number of hydrogen-bond acceptors (Lipinski definition) is 4. The van der Waals surface area contributed by atoms with Gasteiger partial charge < -0.3 is 15.5 Å². The van der Waals surface area contributed by atoms with Gasteiger partial charge in [-0.2, -0.15) is 5.26 Å². The molecular weight excluding hydrogens is 427 g/mol. The predicted octanol–water partition coefficient (Wildman–Crippen LogP) is 4.95. The molecule has 32 heavy (non-hydrogen) atoms. The van der Waals surface area contributed by atoms with Gasteiger partial charge in [0.05, 0.1) is 22.9 Å². The molecule has 1 unspecified atom stereocenters. The Kier molecular flexibility index (Phi) is 6.02. The summed E-state index contributed by atoms with van der Waals surface area (Å²) in [5, 5.41) is 10.3. The van der Waals surface area contributed by atoms with Gasteiger partial charge in [0.2, 0.25) is 0 Å². The van der Waals surface area contributed by atoms with Crippen molar-refractivity contribution in [2.75, 3.05) is 30.3 Å². The molecule has 0 radical (unpaired) electrons. The molecular formula is C25H22ClFN4O. The fourth-order valence-electron chi connectivity index (χ4n) is 4.11. The monoisotopic (exact) mass is 448 g/mol. The maximum absolute atomic E-state index is 13.5. The smallest absolute Gasteiger partial charge is 0.256 e. The van der Waals surface area contributed by atoms with Gasteiger partial charge in [-0.05, 0) is 60.5 Å². The first-order valence-electron chi connectivity index (χ1n) is 10.2. The average Bonchev–Trinajstić information content (AvgIpc) is 2.79. The van der Waals surface area contributed by atoms with Crippen molar-refractivity contribution in [3.63, 3.8) is 0 Å². The number of nitrogen functional groups attached to an aromatic ring is 1. The number of anilines is 2. The summed E-state index contributed by atoms with van der Waals surface area (Å²) in [5.41, 5.74) is 9.71. The molecule has 1 heterocycles. The highest BCUT2D eigenvalue weighted by Crippen LogP contribution is 2.34. The van der Waals surface area contributed by atoms with Crippen LogP contribution in [-0.4, -0.2) is 30.4 Å². The standard InChI is InChI=1S/C25H22ClFN4O/c1-16-2-9-23(18(12-16)14-28)31-11-10-30(15-24(31)17-3-5-19(26)6-4-17)25(32)21-8-7-20(27)13-22(21)29/h2-9,12-13,24H,10-11,15,29H2,1H3. The molecule has 0 aromatic heterocycles. The number of halogens is 2. The lowest BCUT2D eigenvalue weighted by Gasteiger charge is -2.43. The minimum absolute atomic E-state index is 0.116. The van der Waals surface area contributed by atoms with Gasteiger partial charge in [0.25, 0.3) is 5.91 Å². The van der Waals surface area contributed by atoms with E-state index in [1.807, 2.05) is 49.4 Å². The SMILES string of the molecule is Cc1ccc(N2CCN(C(=O)c3ccc(F)cc3N)CC2c2ccc(Cl)cc2)c(C#N)c1. The molecule has 1 atom stereocenters. The van der Waals surface area contributed by atoms with Crippen LogP contribution >= 0.6 is 11.6 Å². The molecule has 3 aromatic carbocycles. The third-order valence-corrected chi connectivity index (χ3v) is 6.00. The van der Waals surface area contributed by atoms with Crippen LogP contribution in [0.2, 0.25) is 5.02 Å². The lowest BCUT2D eigenvalue weighted by molar-refractivity contribution is 0.0723. The Hall–Kier alpha value is -3.56. The zero-order valence-electron chi connectivity index (χ0n) is 17.6. The fraction of sp³-hybridized carbons (Fsp3) is 0.200. The van der Waals surface area contributed by atoms with E-state index in [9.17, 15) is 14.4 Å². The molecule has 5 nitrogen and oxygen atoms in total. The number of amides is 1. The molecule has 7 heteroatoms. The fourth-order valence-corrected chi connectivity index (χ4v) is 4.24. The average molecular weight is 449 g/mol. The lowest BCUT2D eigenvalue weighted by atomic mass is 9.98. The summed E-state index contributed by atoms with van der Waals surface area (Å²) in [5.74, 6) is -0.725. The van der Waals surface area contributed by atoms with Gasteiger partial charge in [-0.15, -0.1) is 0 Å². The Morgan fingerprint density at radius 2 is 1.88 bits per heavy atom. The van der Waals surface area contributed by atoms with Gasteiger partial charge in [0.15, 0.2) is 0 Å². The van der Waals surface area contributed by atoms with Crippen LogP contribution in [-0.2, 0) is 0 Å². The predicted molar refractivity (Wildman–Crippen MR) is 124 cm³/mol. The third kappa shape index (κ3) is 4.25. The zero-order chi connectivity index (χ0) is 22.8. The van der Waals surface area contributed by atoms with Crippen LogP contribution < -0.4 is 10.6 Å². The Morgan fingerprint density at radius 1 is 1.12 bits per heavy atom. The van der Waals surface area contributed by atoms with Gasteiger partial charge in [-0.25, -0.2) is 4.39 Å². The number of nitrogens with zero attached hydrogens (tertiary/aromatic N) is 3. The molecule has 0 aliphatic carbocycles. The Morgan fingerprint density at radius 3 is 2.56 bits per heavy atom. The Balaban J connectivity index is 1.71. The minimum atomic E-state index is -0.480. The van der Waals surface area contributed by atoms with E-state index in [0.717, 1.165) is 22.9 Å². The van der Waals surface area contributed by atoms with Gasteiger partial charge in [0, 0.05) is 30.3 Å². The third-order valence-electron chi connectivity index (χ3n) is 5.75. The van der Waals surface area contributed by atoms with Crippen molar-refractivity contribution in [1.29, 1.82) is 5.26 Å². The molecule has 1 saturated heterocycles. The number of piperazine rings is 1. The summed E-state index contributed by atoms with van der Waals surface area (Å²) in [6, 6.07) is 19.2. The molecule has 1 amide bonds. The van der Waals surface area contributed by atoms with E-state index in [0.29, 0.717) is 30.2 Å². The first-order chi connectivity index (χ1) is 15.4. The van der Waals surface area contributed by atoms with Crippen LogP contribution in [0.4, 0.5) is 15.8 Å². The van der Waals surface area contributed by atoms with Gasteiger partial charge in [-0.1, -0.05) is 29.8 Å². The molecule has 0 spiro atoms. The molecule has 1 fully saturated rings. The van der Waals surface area contributed by atoms with Gasteiger partial charge >= 0.3 is 0 Å². The number of carbonyl (C=O) groups is 1. The first-order valence-corrected chi connectivity index (χ1v) is 10.6. The van der Waals surface area contributed by atoms with E-state index in [1.54, 1.807) is 4.90 Å². The van der Waals surface area contributed by atoms with E-state index < -0.39 is 5.82 Å². The first kappa shape index (κ1) is 21.7. The Bertz CT molecular complexity index is 1210. The number of hydrogen-bond donors (Lipinski definition) is 1. The number of carbonyl (C=O) groups excluding carboxylic acids is 1. The van der Waals surface area contributed by atoms with Crippen molar-refractivity contribution in [3.05, 3.63) is 93.8 Å². The summed E-state index contributed by atoms with van der Waals surface area (Å²) >= 11 is 6.09. The maximum atomic E-state index is 13.5. The van der Waals surface area contributed by atoms with Crippen molar-refractivity contribution in [2.45, 2.75) is 13.0 Å². The highest BCUT2D eigenvalue weighted by atomic mass is 35.5. The molecule has 3 aromatic rings. The van der Waals surface area contributed by atoms with E-state index >= 15 is 0 Å². The summed E-state index contributed by atoms with van der Waals surface area (Å²) in [6.07, 6.45) is 0. The number of rotatable bonds is 3. The van der Waals surface area contributed by atoms with Crippen LogP contribution in [0.3, 0.4) is 0 Å². The van der Waals surface area contributed by atoms with Crippen molar-refractivity contribution in [3.8, 4) is 6.07 Å². The summed E-state index contributed by atoms with van der Waals surface area (Å²) < 4.78 is 13.5. The summed E-state index contributed by atoms with van der Waals surface area (Å²) in [4.78, 5) is 17.1. The number of nitrogens with two attached hydrogens (primary N) is 1. The largest absolute Gasteiger partial charge is 0.398 e. The zero-order valence-corrected chi connectivity index (χ0v) is 18.3. The Labute approximate surface area is 191 Å². The quantitative estimate of drug-likeness (QED) is 0.575. The van der Waals surface area contributed by atoms with Crippen LogP contribution in [0.15, 0.2) is 60.7 Å². The highest BCUT2D eigenvalue weighted by molar-refractivity contribution is 6.30. The molecule has 1 aliphatic rings. The second kappa shape index (κ2) is 8.89. The highest BCUT2D eigenvalue weighted by Gasteiger charge is 2.33. The maximum Gasteiger partial charge on any atom is 0.256 e. The van der Waals surface area contributed by atoms with Crippen molar-refractivity contribution in [1.82, 2.24) is 4.90 Å². The van der Waals surface area contributed by atoms with Gasteiger partial charge in [0.1, 0.15) is 11.9 Å². The number of benzene rings is 3. The van der Waals surface area contributed by atoms with Crippen LogP contribution in [0.25, 0.3) is 0 Å². The minimum Gasteiger partial charge on any atom is -0.398 e. The van der Waals surface area contributed by atoms with E-state index in [-0.39, 0.29) is 23.2 Å². The van der Waals surface area contributed by atoms with Crippen LogP contribution in [0, 0.1) is 24.1 Å². The van der Waals surface area contributed by atoms with E-state index in [1.165, 1.54) is 12.1 Å². The van der Waals surface area contributed by atoms with Gasteiger partial charge in [-0.3, -0.25) is 4.79 Å². The molecule has 0 saturated carbocycles. The van der Waals surface area contributed by atoms with Crippen molar-refractivity contribution in [2.24, 2.45) is 0 Å². The van der Waals surface area contributed by atoms with E-state index in [4.69, 9.17) is 17.3 Å². The van der Waals surface area contributed by atoms with E-state index in [2.05, 4.69) is 11.0 Å². The summed E-state index contributed by atoms with van der Waals surface area (Å²) in [6.45, 7) is 3.30. The molecule has 2 N–H and O–H groups in total. The molecule has 4 rings (SSSR count). The van der Waals surface area contributed by atoms with Crippen LogP contribution in [0.5, 0.6) is 0 Å². The summed E-state index contributed by atoms with van der Waals surface area (Å²) in [7, 11) is 0. The second-order valence-corrected chi connectivity index (χ2v) is 8.31. The molecule has 162 valence electrons. The topological polar surface area (TPSA) is 73.4 Å². The second-order valence-electron chi connectivity index (χ2n) is 7.88. The number of nitriles is 1. The van der Waals surface area contributed by atoms with Crippen LogP contribution in [0.1, 0.15) is 33.1 Å². The van der Waals surface area contributed by atoms with Crippen molar-refractivity contribution < 1.29 is 9.18 Å². The lowest BCUT2D eigenvalue weighted by Crippen LogP contribution is -2.51. The molecule has 1 aliphatic heterocycles. The normalized spacial score (nSPS) is 16.0. The van der Waals surface area contributed by atoms with Crippen molar-refractivity contribution >= 4 is 28.9 Å². The molecule has 0 bridgehead atoms. The number of aryl methyl sites for hydroxylation is 1.